The highest BCUT2D eigenvalue weighted by atomic mass is 32.1. The van der Waals surface area contributed by atoms with Crippen LogP contribution in [0.2, 0.25) is 0 Å². The van der Waals surface area contributed by atoms with E-state index in [2.05, 4.69) is 70.7 Å². The number of nitrogens with one attached hydrogen (secondary N) is 1. The summed E-state index contributed by atoms with van der Waals surface area (Å²) in [5.41, 5.74) is 8.36. The topological polar surface area (TPSA) is 141 Å². The van der Waals surface area contributed by atoms with E-state index in [0.29, 0.717) is 29.5 Å². The molecule has 3 saturated heterocycles. The van der Waals surface area contributed by atoms with Crippen molar-refractivity contribution in [2.75, 3.05) is 49.6 Å². The Balaban J connectivity index is 0.000000174. The number of likely N-dealkylation sites (N-methyl/N-ethyl adjacent to an activating group) is 1. The fourth-order valence-corrected chi connectivity index (χ4v) is 10.8. The molecule has 1 aliphatic carbocycles. The summed E-state index contributed by atoms with van der Waals surface area (Å²) in [7, 11) is 2.02. The molecule has 7 heterocycles. The second-order valence-corrected chi connectivity index (χ2v) is 18.9. The monoisotopic (exact) mass is 830 g/mol. The van der Waals surface area contributed by atoms with E-state index in [9.17, 15) is 14.7 Å². The average Bonchev–Trinajstić information content (AvgIpc) is 3.50. The minimum Gasteiger partial charge on any atom is -0.507 e. The lowest BCUT2D eigenvalue weighted by Gasteiger charge is -2.60. The number of para-hydroxylation sites is 1. The van der Waals surface area contributed by atoms with Crippen molar-refractivity contribution >= 4 is 55.9 Å². The summed E-state index contributed by atoms with van der Waals surface area (Å²) in [5, 5.41) is 29.1. The van der Waals surface area contributed by atoms with Gasteiger partial charge in [-0.3, -0.25) is 9.69 Å². The van der Waals surface area contributed by atoms with Crippen molar-refractivity contribution in [3.8, 4) is 27.4 Å². The molecular weight excluding hydrogens is 781 g/mol. The van der Waals surface area contributed by atoms with Gasteiger partial charge in [-0.15, -0.1) is 21.5 Å². The summed E-state index contributed by atoms with van der Waals surface area (Å²) in [5.74, 6) is 2.37. The van der Waals surface area contributed by atoms with Gasteiger partial charge in [-0.05, 0) is 92.9 Å². The van der Waals surface area contributed by atoms with Gasteiger partial charge < -0.3 is 29.5 Å². The number of carbonyl (C=O) groups is 2. The molecule has 2 atom stereocenters. The van der Waals surface area contributed by atoms with Crippen molar-refractivity contribution in [1.29, 1.82) is 0 Å². The van der Waals surface area contributed by atoms with Crippen LogP contribution in [0.3, 0.4) is 0 Å². The molecule has 306 valence electrons. The number of phenols is 1. The third-order valence-electron chi connectivity index (χ3n) is 12.3. The van der Waals surface area contributed by atoms with Gasteiger partial charge in [0.15, 0.2) is 5.82 Å². The summed E-state index contributed by atoms with van der Waals surface area (Å²) < 4.78 is 5.52. The maximum Gasteiger partial charge on any atom is 0.237 e. The number of carbonyl (C=O) groups excluding carboxylic acids is 2. The summed E-state index contributed by atoms with van der Waals surface area (Å²) in [6.07, 6.45) is 5.46. The zero-order chi connectivity index (χ0) is 40.8. The lowest BCUT2D eigenvalue weighted by molar-refractivity contribution is -0.125. The quantitative estimate of drug-likeness (QED) is 0.123. The van der Waals surface area contributed by atoms with E-state index in [1.54, 1.807) is 28.7 Å². The molecule has 2 aromatic carbocycles. The normalized spacial score (nSPS) is 19.0. The number of benzene rings is 2. The van der Waals surface area contributed by atoms with Crippen LogP contribution in [-0.2, 0) is 16.1 Å². The van der Waals surface area contributed by atoms with Gasteiger partial charge in [-0.2, -0.15) is 0 Å². The highest BCUT2D eigenvalue weighted by Crippen LogP contribution is 2.55. The first-order valence-electron chi connectivity index (χ1n) is 20.6. The number of aldehydes is 1. The van der Waals surface area contributed by atoms with Crippen LogP contribution in [0, 0.1) is 18.3 Å². The smallest absolute Gasteiger partial charge is 0.237 e. The number of rotatable bonds is 11. The Morgan fingerprint density at radius 3 is 2.46 bits per heavy atom. The third kappa shape index (κ3) is 7.85. The van der Waals surface area contributed by atoms with Gasteiger partial charge in [0, 0.05) is 55.2 Å². The van der Waals surface area contributed by atoms with Crippen molar-refractivity contribution in [2.45, 2.75) is 70.9 Å². The highest BCUT2D eigenvalue weighted by molar-refractivity contribution is 7.22. The summed E-state index contributed by atoms with van der Waals surface area (Å²) in [6.45, 7) is 11.6. The molecule has 4 aromatic heterocycles. The molecule has 10 rings (SSSR count). The van der Waals surface area contributed by atoms with Crippen LogP contribution in [0.4, 0.5) is 10.8 Å². The van der Waals surface area contributed by atoms with Crippen LogP contribution in [0.5, 0.6) is 5.75 Å². The first-order valence-corrected chi connectivity index (χ1v) is 22.3. The molecule has 2 unspecified atom stereocenters. The van der Waals surface area contributed by atoms with Gasteiger partial charge >= 0.3 is 0 Å². The molecule has 59 heavy (non-hydrogen) atoms. The lowest BCUT2D eigenvalue weighted by Crippen LogP contribution is -2.72. The van der Waals surface area contributed by atoms with E-state index >= 15 is 0 Å². The molecular formula is C45H50N8O4S2. The fourth-order valence-electron chi connectivity index (χ4n) is 8.81. The molecule has 1 spiro atoms. The van der Waals surface area contributed by atoms with Gasteiger partial charge in [0.25, 0.3) is 0 Å². The van der Waals surface area contributed by atoms with E-state index in [4.69, 9.17) is 4.52 Å². The Kier molecular flexibility index (Phi) is 10.7. The predicted molar refractivity (Wildman–Crippen MR) is 233 cm³/mol. The van der Waals surface area contributed by atoms with Crippen molar-refractivity contribution in [2.24, 2.45) is 11.3 Å². The average molecular weight is 831 g/mol. The second kappa shape index (κ2) is 16.1. The van der Waals surface area contributed by atoms with Crippen LogP contribution in [0.15, 0.2) is 70.7 Å². The Hall–Kier alpha value is -5.18. The standard InChI is InChI=1S/C28H29N5O3S.C17H21N3OS/c1-16(2)20(11-34)23-10-24(31-36-23)32-12-28(13-32)14-33(15-28)27-25(17-7-8-17)19-9-21(29-30-26(19)37-27)18-5-3-4-6-22(18)35;1-12-16(22-11-19-12)14-7-5-13(6-8-14)10-18-17(21)15-4-3-9-20(15)2/h3-6,9-11,16-17,20,35H,7-8,12-15H2,1-2H3;5-8,11,15H,3-4,9-10H2,1-2H3,(H,18,21). The number of amides is 1. The van der Waals surface area contributed by atoms with E-state index in [0.717, 1.165) is 73.8 Å². The van der Waals surface area contributed by atoms with E-state index in [1.165, 1.54) is 39.2 Å². The number of thiophene rings is 1. The number of hydrogen-bond acceptors (Lipinski definition) is 13. The van der Waals surface area contributed by atoms with Crippen molar-refractivity contribution < 1.29 is 19.2 Å². The number of thiazole rings is 1. The Morgan fingerprint density at radius 2 is 1.80 bits per heavy atom. The van der Waals surface area contributed by atoms with Crippen molar-refractivity contribution in [1.82, 2.24) is 30.6 Å². The van der Waals surface area contributed by atoms with E-state index in [-0.39, 0.29) is 34.9 Å². The van der Waals surface area contributed by atoms with Crippen molar-refractivity contribution in [3.63, 3.8) is 0 Å². The van der Waals surface area contributed by atoms with Gasteiger partial charge in [0.2, 0.25) is 5.91 Å². The summed E-state index contributed by atoms with van der Waals surface area (Å²) in [6, 6.07) is 19.7. The van der Waals surface area contributed by atoms with Gasteiger partial charge in [0.1, 0.15) is 22.6 Å². The number of phenolic OH excluding ortho intramolecular Hbond substituents is 1. The van der Waals surface area contributed by atoms with E-state index in [1.807, 2.05) is 57.6 Å². The number of aryl methyl sites for hydroxylation is 1. The number of aromatic hydroxyl groups is 1. The maximum atomic E-state index is 12.2. The molecule has 3 aliphatic heterocycles. The predicted octanol–water partition coefficient (Wildman–Crippen LogP) is 8.02. The van der Waals surface area contributed by atoms with Crippen LogP contribution in [-0.4, -0.2) is 88.4 Å². The molecule has 1 amide bonds. The largest absolute Gasteiger partial charge is 0.507 e. The minimum atomic E-state index is -0.251. The molecule has 14 heteroatoms. The maximum absolute atomic E-state index is 12.2. The lowest BCUT2D eigenvalue weighted by atomic mass is 9.73. The van der Waals surface area contributed by atoms with Gasteiger partial charge in [0.05, 0.1) is 38.7 Å². The van der Waals surface area contributed by atoms with E-state index < -0.39 is 0 Å². The molecule has 4 fully saturated rings. The molecule has 6 aromatic rings. The zero-order valence-corrected chi connectivity index (χ0v) is 35.6. The molecule has 1 saturated carbocycles. The number of fused-ring (bicyclic) bond motifs is 1. The molecule has 0 bridgehead atoms. The number of hydrogen-bond donors (Lipinski definition) is 2. The number of likely N-dealkylation sites (tertiary alicyclic amines) is 1. The molecule has 0 radical (unpaired) electrons. The Labute approximate surface area is 352 Å². The number of anilines is 2. The Bertz CT molecular complexity index is 2460. The zero-order valence-electron chi connectivity index (χ0n) is 33.9. The molecule has 4 aliphatic rings. The van der Waals surface area contributed by atoms with Crippen LogP contribution < -0.4 is 15.1 Å². The SMILES string of the molecule is CC(C)C(C=O)c1cc(N2CC3(C2)CN(c2sc4nnc(-c5ccccc5O)cc4c2C2CC2)C3)no1.Cc1ncsc1-c1ccc(CNC(=O)C2CCCN2C)cc1. The molecule has 12 nitrogen and oxygen atoms in total. The molecule has 2 N–H and O–H groups in total. The minimum absolute atomic E-state index is 0.0408. The third-order valence-corrected chi connectivity index (χ3v) is 14.5. The van der Waals surface area contributed by atoms with Crippen molar-refractivity contribution in [3.05, 3.63) is 88.8 Å². The first-order chi connectivity index (χ1) is 28.6. The fraction of sp³-hybridized carbons (Fsp3) is 0.422. The van der Waals surface area contributed by atoms with Gasteiger partial charge in [-0.25, -0.2) is 4.98 Å². The summed E-state index contributed by atoms with van der Waals surface area (Å²) in [4.78, 5) is 37.0. The summed E-state index contributed by atoms with van der Waals surface area (Å²) >= 11 is 3.40. The second-order valence-electron chi connectivity index (χ2n) is 17.1. The van der Waals surface area contributed by atoms with Crippen LogP contribution in [0.1, 0.15) is 73.9 Å². The highest BCUT2D eigenvalue weighted by Gasteiger charge is 2.53. The Morgan fingerprint density at radius 1 is 1.03 bits per heavy atom. The number of nitrogens with zero attached hydrogens (tertiary/aromatic N) is 7. The van der Waals surface area contributed by atoms with Gasteiger partial charge in [-0.1, -0.05) is 66.7 Å². The number of aromatic nitrogens is 4. The first kappa shape index (κ1) is 39.3. The van der Waals surface area contributed by atoms with Crippen LogP contribution >= 0.6 is 22.7 Å². The van der Waals surface area contributed by atoms with Crippen LogP contribution in [0.25, 0.3) is 31.9 Å².